The van der Waals surface area contributed by atoms with Gasteiger partial charge in [0.15, 0.2) is 0 Å². The van der Waals surface area contributed by atoms with Gasteiger partial charge in [-0.25, -0.2) is 0 Å². The Kier molecular flexibility index (Phi) is 3.17. The predicted octanol–water partition coefficient (Wildman–Crippen LogP) is 2.67. The number of nitrogens with one attached hydrogen (secondary N) is 1. The van der Waals surface area contributed by atoms with Gasteiger partial charge < -0.3 is 10.4 Å². The summed E-state index contributed by atoms with van der Waals surface area (Å²) in [5.74, 6) is -0.000578. The third kappa shape index (κ3) is 2.06. The summed E-state index contributed by atoms with van der Waals surface area (Å²) in [6.07, 6.45) is 1.19. The second-order valence-electron chi connectivity index (χ2n) is 4.00. The summed E-state index contributed by atoms with van der Waals surface area (Å²) < 4.78 is 0. The number of fused-ring (bicyclic) bond motifs is 1. The van der Waals surface area contributed by atoms with E-state index in [-0.39, 0.29) is 5.91 Å². The fourth-order valence-corrected chi connectivity index (χ4v) is 2.22. The lowest BCUT2D eigenvalue weighted by Gasteiger charge is -2.22. The number of halogens is 1. The molecular weight excluding hydrogens is 226 g/mol. The highest BCUT2D eigenvalue weighted by atomic mass is 35.5. The van der Waals surface area contributed by atoms with Crippen LogP contribution < -0.4 is 5.32 Å². The van der Waals surface area contributed by atoms with Crippen LogP contribution in [0.25, 0.3) is 0 Å². The summed E-state index contributed by atoms with van der Waals surface area (Å²) in [5.41, 5.74) is 2.47. The SMILES string of the molecule is CCC(O)c1cc(Cl)cc2c1NC(=O)CC2. The molecule has 1 aromatic carbocycles. The molecule has 1 aliphatic heterocycles. The zero-order chi connectivity index (χ0) is 11.7. The average molecular weight is 240 g/mol. The van der Waals surface area contributed by atoms with Crippen LogP contribution in [0.4, 0.5) is 5.69 Å². The second-order valence-corrected chi connectivity index (χ2v) is 4.44. The van der Waals surface area contributed by atoms with Gasteiger partial charge in [0.1, 0.15) is 0 Å². The Bertz CT molecular complexity index is 431. The molecule has 0 bridgehead atoms. The summed E-state index contributed by atoms with van der Waals surface area (Å²) in [6.45, 7) is 1.89. The third-order valence-corrected chi connectivity index (χ3v) is 3.07. The van der Waals surface area contributed by atoms with Gasteiger partial charge in [-0.1, -0.05) is 18.5 Å². The van der Waals surface area contributed by atoms with Crippen molar-refractivity contribution in [3.05, 3.63) is 28.3 Å². The monoisotopic (exact) mass is 239 g/mol. The standard InChI is InChI=1S/C12H14ClNO2/c1-2-10(15)9-6-8(13)5-7-3-4-11(16)14-12(7)9/h5-6,10,15H,2-4H2,1H3,(H,14,16). The van der Waals surface area contributed by atoms with Crippen LogP contribution in [0.15, 0.2) is 12.1 Å². The zero-order valence-corrected chi connectivity index (χ0v) is 9.84. The maximum Gasteiger partial charge on any atom is 0.224 e. The Morgan fingerprint density at radius 2 is 2.25 bits per heavy atom. The van der Waals surface area contributed by atoms with E-state index in [9.17, 15) is 9.90 Å². The van der Waals surface area contributed by atoms with Crippen molar-refractivity contribution in [2.45, 2.75) is 32.3 Å². The fourth-order valence-electron chi connectivity index (χ4n) is 1.97. The molecule has 1 heterocycles. The van der Waals surface area contributed by atoms with Gasteiger partial charge >= 0.3 is 0 Å². The smallest absolute Gasteiger partial charge is 0.224 e. The molecule has 1 aliphatic rings. The lowest BCUT2D eigenvalue weighted by atomic mass is 9.95. The van der Waals surface area contributed by atoms with Gasteiger partial charge in [-0.15, -0.1) is 0 Å². The van der Waals surface area contributed by atoms with Crippen LogP contribution in [0.5, 0.6) is 0 Å². The molecule has 0 aliphatic carbocycles. The van der Waals surface area contributed by atoms with Crippen molar-refractivity contribution in [1.29, 1.82) is 0 Å². The number of amides is 1. The van der Waals surface area contributed by atoms with E-state index in [0.29, 0.717) is 24.3 Å². The quantitative estimate of drug-likeness (QED) is 0.834. The highest BCUT2D eigenvalue weighted by Crippen LogP contribution is 2.34. The highest BCUT2D eigenvalue weighted by Gasteiger charge is 2.21. The van der Waals surface area contributed by atoms with Gasteiger partial charge in [-0.05, 0) is 30.5 Å². The predicted molar refractivity (Wildman–Crippen MR) is 63.7 cm³/mol. The van der Waals surface area contributed by atoms with Crippen molar-refractivity contribution < 1.29 is 9.90 Å². The molecule has 0 saturated carbocycles. The zero-order valence-electron chi connectivity index (χ0n) is 9.09. The van der Waals surface area contributed by atoms with Crippen molar-refractivity contribution in [1.82, 2.24) is 0 Å². The number of anilines is 1. The van der Waals surface area contributed by atoms with Gasteiger partial charge in [-0.3, -0.25) is 4.79 Å². The summed E-state index contributed by atoms with van der Waals surface area (Å²) in [5, 5.41) is 13.3. The molecule has 86 valence electrons. The van der Waals surface area contributed by atoms with Crippen molar-refractivity contribution in [2.75, 3.05) is 5.32 Å². The Morgan fingerprint density at radius 1 is 1.50 bits per heavy atom. The van der Waals surface area contributed by atoms with Crippen LogP contribution in [-0.2, 0) is 11.2 Å². The van der Waals surface area contributed by atoms with Crippen LogP contribution in [0, 0.1) is 0 Å². The third-order valence-electron chi connectivity index (χ3n) is 2.85. The number of hydrogen-bond donors (Lipinski definition) is 2. The molecule has 0 radical (unpaired) electrons. The number of carbonyl (C=O) groups is 1. The first-order valence-electron chi connectivity index (χ1n) is 5.42. The number of hydrogen-bond acceptors (Lipinski definition) is 2. The summed E-state index contributed by atoms with van der Waals surface area (Å²) in [7, 11) is 0. The lowest BCUT2D eigenvalue weighted by Crippen LogP contribution is -2.21. The van der Waals surface area contributed by atoms with E-state index in [4.69, 9.17) is 11.6 Å². The molecule has 2 N–H and O–H groups in total. The van der Waals surface area contributed by atoms with Crippen LogP contribution in [-0.4, -0.2) is 11.0 Å². The molecule has 4 heteroatoms. The maximum absolute atomic E-state index is 11.3. The Morgan fingerprint density at radius 3 is 2.94 bits per heavy atom. The first-order chi connectivity index (χ1) is 7.61. The molecule has 0 aromatic heterocycles. The molecule has 1 atom stereocenters. The summed E-state index contributed by atoms with van der Waals surface area (Å²) in [6, 6.07) is 3.57. The topological polar surface area (TPSA) is 49.3 Å². The molecule has 0 saturated heterocycles. The number of carbonyl (C=O) groups excluding carboxylic acids is 1. The lowest BCUT2D eigenvalue weighted by molar-refractivity contribution is -0.116. The largest absolute Gasteiger partial charge is 0.388 e. The molecule has 1 aromatic rings. The molecule has 2 rings (SSSR count). The molecular formula is C12H14ClNO2. The number of aliphatic hydroxyl groups excluding tert-OH is 1. The van der Waals surface area contributed by atoms with Gasteiger partial charge in [0.2, 0.25) is 5.91 Å². The summed E-state index contributed by atoms with van der Waals surface area (Å²) in [4.78, 5) is 11.3. The van der Waals surface area contributed by atoms with Crippen LogP contribution in [0.1, 0.15) is 37.0 Å². The minimum Gasteiger partial charge on any atom is -0.388 e. The first-order valence-corrected chi connectivity index (χ1v) is 5.80. The van der Waals surface area contributed by atoms with E-state index in [1.807, 2.05) is 13.0 Å². The number of aliphatic hydroxyl groups is 1. The van der Waals surface area contributed by atoms with Gasteiger partial charge in [0, 0.05) is 22.7 Å². The van der Waals surface area contributed by atoms with Crippen molar-refractivity contribution in [3.8, 4) is 0 Å². The first kappa shape index (κ1) is 11.4. The minimum absolute atomic E-state index is 0.000578. The van der Waals surface area contributed by atoms with Gasteiger partial charge in [0.05, 0.1) is 6.10 Å². The van der Waals surface area contributed by atoms with E-state index in [1.165, 1.54) is 0 Å². The fraction of sp³-hybridized carbons (Fsp3) is 0.417. The normalized spacial score (nSPS) is 16.6. The van der Waals surface area contributed by atoms with E-state index in [0.717, 1.165) is 16.8 Å². The van der Waals surface area contributed by atoms with E-state index < -0.39 is 6.10 Å². The Balaban J connectivity index is 2.51. The van der Waals surface area contributed by atoms with Crippen LogP contribution in [0.3, 0.4) is 0 Å². The number of benzene rings is 1. The molecule has 3 nitrogen and oxygen atoms in total. The van der Waals surface area contributed by atoms with Gasteiger partial charge in [-0.2, -0.15) is 0 Å². The maximum atomic E-state index is 11.3. The summed E-state index contributed by atoms with van der Waals surface area (Å²) >= 11 is 6.00. The highest BCUT2D eigenvalue weighted by molar-refractivity contribution is 6.31. The van der Waals surface area contributed by atoms with Crippen LogP contribution in [0.2, 0.25) is 5.02 Å². The van der Waals surface area contributed by atoms with E-state index in [2.05, 4.69) is 5.32 Å². The van der Waals surface area contributed by atoms with Crippen molar-refractivity contribution >= 4 is 23.2 Å². The van der Waals surface area contributed by atoms with Crippen molar-refractivity contribution in [3.63, 3.8) is 0 Å². The molecule has 0 fully saturated rings. The molecule has 1 amide bonds. The van der Waals surface area contributed by atoms with E-state index in [1.54, 1.807) is 6.07 Å². The van der Waals surface area contributed by atoms with Gasteiger partial charge in [0.25, 0.3) is 0 Å². The minimum atomic E-state index is -0.578. The Labute approximate surface area is 99.4 Å². The second kappa shape index (κ2) is 4.44. The number of aryl methyl sites for hydroxylation is 1. The van der Waals surface area contributed by atoms with Crippen LogP contribution >= 0.6 is 11.6 Å². The van der Waals surface area contributed by atoms with E-state index >= 15 is 0 Å². The molecule has 1 unspecified atom stereocenters. The van der Waals surface area contributed by atoms with Crippen molar-refractivity contribution in [2.24, 2.45) is 0 Å². The molecule has 16 heavy (non-hydrogen) atoms. The number of rotatable bonds is 2. The molecule has 0 spiro atoms. The average Bonchev–Trinajstić information content (AvgIpc) is 2.27. The Hall–Kier alpha value is -1.06.